The molecule has 0 N–H and O–H groups in total. The maximum atomic E-state index is 13.1. The molecule has 6 nitrogen and oxygen atoms in total. The first-order valence-corrected chi connectivity index (χ1v) is 8.50. The van der Waals surface area contributed by atoms with E-state index in [1.165, 1.54) is 11.8 Å². The minimum Gasteiger partial charge on any atom is -0.497 e. The summed E-state index contributed by atoms with van der Waals surface area (Å²) >= 11 is 0. The van der Waals surface area contributed by atoms with Gasteiger partial charge in [0.15, 0.2) is 6.23 Å². The van der Waals surface area contributed by atoms with Gasteiger partial charge in [-0.1, -0.05) is 18.2 Å². The van der Waals surface area contributed by atoms with E-state index >= 15 is 0 Å². The van der Waals surface area contributed by atoms with Gasteiger partial charge < -0.3 is 14.2 Å². The van der Waals surface area contributed by atoms with Crippen LogP contribution in [0.3, 0.4) is 0 Å². The summed E-state index contributed by atoms with van der Waals surface area (Å²) in [7, 11) is 3.15. The van der Waals surface area contributed by atoms with E-state index in [9.17, 15) is 9.59 Å². The van der Waals surface area contributed by atoms with Gasteiger partial charge in [-0.2, -0.15) is 0 Å². The number of rotatable bonds is 5. The third-order valence-corrected chi connectivity index (χ3v) is 4.34. The molecule has 0 aliphatic carbocycles. The maximum Gasteiger partial charge on any atom is 0.304 e. The van der Waals surface area contributed by atoms with Crippen LogP contribution in [-0.2, 0) is 14.3 Å². The van der Waals surface area contributed by atoms with Gasteiger partial charge in [0.25, 0.3) is 5.91 Å². The van der Waals surface area contributed by atoms with Crippen LogP contribution in [0.1, 0.15) is 25.0 Å². The number of fused-ring (bicyclic) bond motifs is 1. The van der Waals surface area contributed by atoms with E-state index in [4.69, 9.17) is 14.2 Å². The number of benzene rings is 2. The molecule has 2 aromatic rings. The van der Waals surface area contributed by atoms with Crippen molar-refractivity contribution < 1.29 is 23.8 Å². The number of esters is 1. The molecule has 0 fully saturated rings. The Morgan fingerprint density at radius 3 is 2.52 bits per heavy atom. The number of amides is 1. The number of ether oxygens (including phenoxy) is 3. The number of carbonyl (C=O) groups excluding carboxylic acids is 2. The van der Waals surface area contributed by atoms with Crippen LogP contribution in [0.2, 0.25) is 0 Å². The number of hydrogen-bond acceptors (Lipinski definition) is 5. The Hall–Kier alpha value is -3.28. The van der Waals surface area contributed by atoms with Crippen molar-refractivity contribution in [1.82, 2.24) is 0 Å². The number of hydrogen-bond donors (Lipinski definition) is 0. The number of nitrogens with zero attached hydrogens (tertiary/aromatic N) is 1. The molecule has 0 saturated heterocycles. The second-order valence-corrected chi connectivity index (χ2v) is 6.07. The van der Waals surface area contributed by atoms with E-state index in [0.717, 1.165) is 11.1 Å². The van der Waals surface area contributed by atoms with E-state index in [1.807, 2.05) is 24.3 Å². The van der Waals surface area contributed by atoms with Crippen LogP contribution in [0.5, 0.6) is 11.5 Å². The summed E-state index contributed by atoms with van der Waals surface area (Å²) in [4.78, 5) is 26.0. The van der Waals surface area contributed by atoms with Gasteiger partial charge in [-0.25, -0.2) is 0 Å². The van der Waals surface area contributed by atoms with Crippen molar-refractivity contribution in [1.29, 1.82) is 0 Å². The molecule has 27 heavy (non-hydrogen) atoms. The zero-order valence-electron chi connectivity index (χ0n) is 15.7. The first-order valence-electron chi connectivity index (χ1n) is 8.50. The second kappa shape index (κ2) is 7.53. The van der Waals surface area contributed by atoms with Crippen molar-refractivity contribution in [2.45, 2.75) is 20.1 Å². The highest BCUT2D eigenvalue weighted by Gasteiger charge is 2.36. The highest BCUT2D eigenvalue weighted by molar-refractivity contribution is 6.36. The SMILES string of the molecule is COc1ccc(OC)c(/C=C2\C(=O)N(C(C)OC(C)=O)c3ccccc32)c1. The highest BCUT2D eigenvalue weighted by atomic mass is 16.6. The van der Waals surface area contributed by atoms with Crippen molar-refractivity contribution in [2.24, 2.45) is 0 Å². The van der Waals surface area contributed by atoms with Gasteiger partial charge in [-0.05, 0) is 37.3 Å². The zero-order valence-corrected chi connectivity index (χ0v) is 15.7. The summed E-state index contributed by atoms with van der Waals surface area (Å²) in [5.41, 5.74) is 2.68. The lowest BCUT2D eigenvalue weighted by Crippen LogP contribution is -2.38. The van der Waals surface area contributed by atoms with Crippen molar-refractivity contribution in [3.63, 3.8) is 0 Å². The average molecular weight is 367 g/mol. The minimum atomic E-state index is -0.714. The molecule has 0 spiro atoms. The van der Waals surface area contributed by atoms with Crippen molar-refractivity contribution in [2.75, 3.05) is 19.1 Å². The van der Waals surface area contributed by atoms with Crippen molar-refractivity contribution in [3.05, 3.63) is 53.6 Å². The number of anilines is 1. The second-order valence-electron chi connectivity index (χ2n) is 6.07. The van der Waals surface area contributed by atoms with Crippen LogP contribution in [0.15, 0.2) is 42.5 Å². The largest absolute Gasteiger partial charge is 0.497 e. The number of methoxy groups -OCH3 is 2. The van der Waals surface area contributed by atoms with E-state index in [-0.39, 0.29) is 5.91 Å². The lowest BCUT2D eigenvalue weighted by Gasteiger charge is -2.24. The number of carbonyl (C=O) groups is 2. The Morgan fingerprint density at radius 1 is 1.11 bits per heavy atom. The molecular formula is C21H21NO5. The van der Waals surface area contributed by atoms with Gasteiger partial charge in [-0.3, -0.25) is 14.5 Å². The standard InChI is InChI=1S/C21H21NO5/c1-13(27-14(2)23)22-19-8-6-5-7-17(19)18(21(22)24)12-15-11-16(25-3)9-10-20(15)26-4/h5-13H,1-4H3/b18-12-. The van der Waals surface area contributed by atoms with E-state index in [1.54, 1.807) is 45.4 Å². The van der Waals surface area contributed by atoms with Gasteiger partial charge in [0.1, 0.15) is 11.5 Å². The first-order chi connectivity index (χ1) is 13.0. The van der Waals surface area contributed by atoms with Crippen molar-refractivity contribution >= 4 is 29.2 Å². The highest BCUT2D eigenvalue weighted by Crippen LogP contribution is 2.40. The molecule has 1 aliphatic rings. The first kappa shape index (κ1) is 18.5. The Balaban J connectivity index is 2.10. The number of para-hydroxylation sites is 1. The fourth-order valence-electron chi connectivity index (χ4n) is 3.17. The van der Waals surface area contributed by atoms with Crippen LogP contribution in [-0.4, -0.2) is 32.3 Å². The van der Waals surface area contributed by atoms with Gasteiger partial charge in [0.2, 0.25) is 0 Å². The summed E-state index contributed by atoms with van der Waals surface area (Å²) in [5, 5.41) is 0. The minimum absolute atomic E-state index is 0.241. The molecular weight excluding hydrogens is 346 g/mol. The predicted octanol–water partition coefficient (Wildman–Crippen LogP) is 3.50. The maximum absolute atomic E-state index is 13.1. The Bertz CT molecular complexity index is 919. The molecule has 3 rings (SSSR count). The molecule has 0 aromatic heterocycles. The van der Waals surface area contributed by atoms with Gasteiger partial charge >= 0.3 is 5.97 Å². The fourth-order valence-corrected chi connectivity index (χ4v) is 3.17. The molecule has 0 radical (unpaired) electrons. The molecule has 2 aromatic carbocycles. The third-order valence-electron chi connectivity index (χ3n) is 4.34. The monoisotopic (exact) mass is 367 g/mol. The zero-order chi connectivity index (χ0) is 19.6. The smallest absolute Gasteiger partial charge is 0.304 e. The molecule has 0 bridgehead atoms. The molecule has 1 heterocycles. The molecule has 6 heteroatoms. The summed E-state index contributed by atoms with van der Waals surface area (Å²) in [6.45, 7) is 2.99. The average Bonchev–Trinajstić information content (AvgIpc) is 2.93. The van der Waals surface area contributed by atoms with Crippen molar-refractivity contribution in [3.8, 4) is 11.5 Å². The van der Waals surface area contributed by atoms with E-state index in [2.05, 4.69) is 0 Å². The summed E-state index contributed by atoms with van der Waals surface area (Å²) in [6.07, 6.45) is 1.05. The summed E-state index contributed by atoms with van der Waals surface area (Å²) in [5.74, 6) is 0.598. The molecule has 1 atom stereocenters. The quantitative estimate of drug-likeness (QED) is 0.598. The summed E-state index contributed by atoms with van der Waals surface area (Å²) in [6, 6.07) is 12.8. The molecule has 0 saturated carbocycles. The third kappa shape index (κ3) is 3.51. The van der Waals surface area contributed by atoms with Gasteiger partial charge in [0.05, 0.1) is 25.5 Å². The fraction of sp³-hybridized carbons (Fsp3) is 0.238. The van der Waals surface area contributed by atoms with Gasteiger partial charge in [-0.15, -0.1) is 0 Å². The van der Waals surface area contributed by atoms with Crippen LogP contribution in [0.4, 0.5) is 5.69 Å². The lowest BCUT2D eigenvalue weighted by atomic mass is 10.0. The topological polar surface area (TPSA) is 65.1 Å². The summed E-state index contributed by atoms with van der Waals surface area (Å²) < 4.78 is 15.9. The predicted molar refractivity (Wildman–Crippen MR) is 103 cm³/mol. The molecule has 1 amide bonds. The van der Waals surface area contributed by atoms with Crippen LogP contribution < -0.4 is 14.4 Å². The van der Waals surface area contributed by atoms with E-state index < -0.39 is 12.2 Å². The Labute approximate surface area is 158 Å². The Morgan fingerprint density at radius 2 is 1.85 bits per heavy atom. The molecule has 1 unspecified atom stereocenters. The normalized spacial score (nSPS) is 15.5. The Kier molecular flexibility index (Phi) is 5.16. The lowest BCUT2D eigenvalue weighted by molar-refractivity contribution is -0.145. The van der Waals surface area contributed by atoms with Gasteiger partial charge in [0, 0.05) is 18.1 Å². The van der Waals surface area contributed by atoms with Crippen LogP contribution in [0, 0.1) is 0 Å². The van der Waals surface area contributed by atoms with E-state index in [0.29, 0.717) is 22.8 Å². The molecule has 140 valence electrons. The van der Waals surface area contributed by atoms with Crippen LogP contribution in [0.25, 0.3) is 11.6 Å². The van der Waals surface area contributed by atoms with Crippen LogP contribution >= 0.6 is 0 Å². The molecule has 1 aliphatic heterocycles.